The van der Waals surface area contributed by atoms with E-state index in [1.807, 2.05) is 0 Å². The Hall–Kier alpha value is -3.26. The maximum atomic E-state index is 12.0. The van der Waals surface area contributed by atoms with E-state index >= 15 is 0 Å². The lowest BCUT2D eigenvalue weighted by Crippen LogP contribution is -2.51. The summed E-state index contributed by atoms with van der Waals surface area (Å²) in [4.78, 5) is 75.5. The van der Waals surface area contributed by atoms with Gasteiger partial charge < -0.3 is 31.9 Å². The summed E-state index contributed by atoms with van der Waals surface area (Å²) < 4.78 is 0. The predicted octanol–water partition coefficient (Wildman–Crippen LogP) is -5.69. The summed E-state index contributed by atoms with van der Waals surface area (Å²) in [7, 11) is 0. The second-order valence-electron chi connectivity index (χ2n) is 7.22. The fraction of sp³-hybridized carbons (Fsp3) is 0.667. The summed E-state index contributed by atoms with van der Waals surface area (Å²) in [6.45, 7) is 2.82. The highest BCUT2D eigenvalue weighted by atomic mass is 16.2. The molecule has 3 saturated heterocycles. The Bertz CT molecular complexity index is 575. The van der Waals surface area contributed by atoms with E-state index in [-0.39, 0.29) is 39.3 Å². The van der Waals surface area contributed by atoms with Gasteiger partial charge in [-0.1, -0.05) is 0 Å². The topological polar surface area (TPSA) is 181 Å². The highest BCUT2D eigenvalue weighted by Gasteiger charge is 2.19. The summed E-state index contributed by atoms with van der Waals surface area (Å²) in [5.74, 6) is -4.50. The lowest BCUT2D eigenvalue weighted by Gasteiger charge is -2.24. The molecule has 6 amide bonds. The smallest absolute Gasteiger partial charge is 0.309 e. The standard InChI is InChI=1S/C18H30N8O6/c27-13-14(28)20-4-10-26-11-5-23-17(31)15(29)21-2-8-25(7-1-19-13)9-3-22-16(30)18(32)24-6-12-26/h1-12H2,(H,19,27)(H,20,28)(H,21,29)(H,22,30)(H,23,31)(H,24,32). The average Bonchev–Trinajstić information content (AvgIpc) is 2.76. The van der Waals surface area contributed by atoms with Crippen molar-refractivity contribution < 1.29 is 28.8 Å². The first-order chi connectivity index (χ1) is 15.4. The Labute approximate surface area is 185 Å². The lowest BCUT2D eigenvalue weighted by atomic mass is 10.3. The molecule has 0 aromatic carbocycles. The number of amides is 6. The van der Waals surface area contributed by atoms with Gasteiger partial charge in [0.15, 0.2) is 0 Å². The van der Waals surface area contributed by atoms with Gasteiger partial charge in [-0.2, -0.15) is 0 Å². The second kappa shape index (κ2) is 13.2. The van der Waals surface area contributed by atoms with Gasteiger partial charge in [-0.3, -0.25) is 38.6 Å². The van der Waals surface area contributed by atoms with Crippen LogP contribution in [-0.4, -0.2) is 124 Å². The summed E-state index contributed by atoms with van der Waals surface area (Å²) in [6.07, 6.45) is 0. The van der Waals surface area contributed by atoms with Crippen molar-refractivity contribution >= 4 is 35.4 Å². The Morgan fingerprint density at radius 1 is 0.344 bits per heavy atom. The van der Waals surface area contributed by atoms with E-state index < -0.39 is 35.4 Å². The molecule has 0 radical (unpaired) electrons. The Morgan fingerprint density at radius 3 is 0.656 bits per heavy atom. The first-order valence-electron chi connectivity index (χ1n) is 10.5. The molecule has 178 valence electrons. The number of fused-ring (bicyclic) bond motifs is 21. The first kappa shape index (κ1) is 25.0. The maximum Gasteiger partial charge on any atom is 0.309 e. The van der Waals surface area contributed by atoms with Crippen molar-refractivity contribution in [2.75, 3.05) is 78.5 Å². The zero-order valence-corrected chi connectivity index (χ0v) is 17.8. The number of nitrogens with one attached hydrogen (secondary N) is 6. The highest BCUT2D eigenvalue weighted by Crippen LogP contribution is 1.90. The van der Waals surface area contributed by atoms with E-state index in [1.165, 1.54) is 0 Å². The molecule has 3 heterocycles. The number of hydrogen-bond acceptors (Lipinski definition) is 8. The Balaban J connectivity index is 2.17. The van der Waals surface area contributed by atoms with Gasteiger partial charge in [0.2, 0.25) is 0 Å². The van der Waals surface area contributed by atoms with Crippen molar-refractivity contribution in [1.82, 2.24) is 41.7 Å². The van der Waals surface area contributed by atoms with Crippen molar-refractivity contribution in [3.05, 3.63) is 0 Å². The molecule has 0 aromatic heterocycles. The van der Waals surface area contributed by atoms with Gasteiger partial charge in [0, 0.05) is 78.5 Å². The third kappa shape index (κ3) is 8.85. The maximum absolute atomic E-state index is 12.0. The van der Waals surface area contributed by atoms with E-state index in [1.54, 1.807) is 9.80 Å². The van der Waals surface area contributed by atoms with Crippen LogP contribution in [0.2, 0.25) is 0 Å². The van der Waals surface area contributed by atoms with Crippen LogP contribution in [0.5, 0.6) is 0 Å². The number of carbonyl (C=O) groups is 6. The second-order valence-corrected chi connectivity index (χ2v) is 7.22. The third-order valence-corrected chi connectivity index (χ3v) is 4.90. The molecule has 0 saturated carbocycles. The first-order valence-corrected chi connectivity index (χ1v) is 10.5. The fourth-order valence-corrected chi connectivity index (χ4v) is 3.12. The monoisotopic (exact) mass is 454 g/mol. The third-order valence-electron chi connectivity index (χ3n) is 4.90. The van der Waals surface area contributed by atoms with Crippen LogP contribution < -0.4 is 31.9 Å². The van der Waals surface area contributed by atoms with Gasteiger partial charge in [0.05, 0.1) is 0 Å². The minimum absolute atomic E-state index is 0.154. The van der Waals surface area contributed by atoms with E-state index in [0.29, 0.717) is 39.3 Å². The molecule has 3 aliphatic heterocycles. The number of hydrogen-bond donors (Lipinski definition) is 6. The normalized spacial score (nSPS) is 25.9. The molecule has 0 spiro atoms. The molecule has 14 nitrogen and oxygen atoms in total. The van der Waals surface area contributed by atoms with Gasteiger partial charge in [-0.05, 0) is 0 Å². The fourth-order valence-electron chi connectivity index (χ4n) is 3.12. The Kier molecular flexibility index (Phi) is 10.3. The van der Waals surface area contributed by atoms with Crippen LogP contribution in [0.25, 0.3) is 0 Å². The quantitative estimate of drug-likeness (QED) is 0.196. The molecule has 3 rings (SSSR count). The zero-order valence-electron chi connectivity index (χ0n) is 17.8. The molecular weight excluding hydrogens is 424 g/mol. The van der Waals surface area contributed by atoms with Crippen LogP contribution in [0.3, 0.4) is 0 Å². The van der Waals surface area contributed by atoms with Gasteiger partial charge in [0.25, 0.3) is 0 Å². The molecular formula is C18H30N8O6. The zero-order chi connectivity index (χ0) is 23.3. The molecule has 14 heteroatoms. The SMILES string of the molecule is O=C1NCCN2CCNC(=O)C(=O)NCCN(CCNC1=O)CCNC(=O)C(=O)NCC2. The molecule has 6 N–H and O–H groups in total. The molecule has 32 heavy (non-hydrogen) atoms. The number of rotatable bonds is 0. The number of nitrogens with zero attached hydrogens (tertiary/aromatic N) is 2. The van der Waals surface area contributed by atoms with E-state index in [9.17, 15) is 28.8 Å². The average molecular weight is 454 g/mol. The Morgan fingerprint density at radius 2 is 0.500 bits per heavy atom. The number of carbonyl (C=O) groups excluding carboxylic acids is 6. The molecule has 2 bridgehead atoms. The molecule has 0 unspecified atom stereocenters. The van der Waals surface area contributed by atoms with Crippen LogP contribution in [0.1, 0.15) is 0 Å². The summed E-state index contributed by atoms with van der Waals surface area (Å²) in [6, 6.07) is 0. The molecule has 0 aromatic rings. The van der Waals surface area contributed by atoms with Gasteiger partial charge in [-0.25, -0.2) is 0 Å². The molecule has 0 aliphatic carbocycles. The van der Waals surface area contributed by atoms with E-state index in [0.717, 1.165) is 0 Å². The molecule has 3 aliphatic rings. The van der Waals surface area contributed by atoms with Gasteiger partial charge >= 0.3 is 35.4 Å². The van der Waals surface area contributed by atoms with Crippen LogP contribution in [0.4, 0.5) is 0 Å². The minimum Gasteiger partial charge on any atom is -0.347 e. The van der Waals surface area contributed by atoms with Gasteiger partial charge in [0.1, 0.15) is 0 Å². The minimum atomic E-state index is -0.750. The van der Waals surface area contributed by atoms with Crippen LogP contribution >= 0.6 is 0 Å². The van der Waals surface area contributed by atoms with Crippen molar-refractivity contribution in [2.45, 2.75) is 0 Å². The van der Waals surface area contributed by atoms with Crippen LogP contribution in [-0.2, 0) is 28.8 Å². The summed E-state index contributed by atoms with van der Waals surface area (Å²) in [5.41, 5.74) is 0. The molecule has 0 atom stereocenters. The molecule has 3 fully saturated rings. The van der Waals surface area contributed by atoms with Gasteiger partial charge in [-0.15, -0.1) is 0 Å². The van der Waals surface area contributed by atoms with E-state index in [2.05, 4.69) is 31.9 Å². The van der Waals surface area contributed by atoms with Crippen LogP contribution in [0, 0.1) is 0 Å². The van der Waals surface area contributed by atoms with Crippen molar-refractivity contribution in [2.24, 2.45) is 0 Å². The van der Waals surface area contributed by atoms with E-state index in [4.69, 9.17) is 0 Å². The van der Waals surface area contributed by atoms with Crippen molar-refractivity contribution in [3.63, 3.8) is 0 Å². The lowest BCUT2D eigenvalue weighted by molar-refractivity contribution is -0.139. The summed E-state index contributed by atoms with van der Waals surface area (Å²) in [5, 5.41) is 15.2. The van der Waals surface area contributed by atoms with Crippen LogP contribution in [0.15, 0.2) is 0 Å². The summed E-state index contributed by atoms with van der Waals surface area (Å²) >= 11 is 0. The highest BCUT2D eigenvalue weighted by molar-refractivity contribution is 6.35. The van der Waals surface area contributed by atoms with Crippen molar-refractivity contribution in [1.29, 1.82) is 0 Å². The van der Waals surface area contributed by atoms with Crippen molar-refractivity contribution in [3.8, 4) is 0 Å². The predicted molar refractivity (Wildman–Crippen MR) is 111 cm³/mol. The largest absolute Gasteiger partial charge is 0.347 e.